The summed E-state index contributed by atoms with van der Waals surface area (Å²) in [5, 5.41) is 9.76. The molecule has 2 saturated heterocycles. The van der Waals surface area contributed by atoms with Crippen LogP contribution in [0.5, 0.6) is 5.75 Å². The molecule has 2 aromatic carbocycles. The predicted octanol–water partition coefficient (Wildman–Crippen LogP) is 3.65. The van der Waals surface area contributed by atoms with E-state index in [0.717, 1.165) is 31.6 Å². The Labute approximate surface area is 195 Å². The quantitative estimate of drug-likeness (QED) is 0.633. The van der Waals surface area contributed by atoms with Gasteiger partial charge in [-0.25, -0.2) is 13.2 Å². The molecule has 0 saturated carbocycles. The second kappa shape index (κ2) is 10.0. The molecule has 2 aliphatic rings. The Morgan fingerprint density at radius 3 is 2.27 bits per heavy atom. The molecular weight excluding hydrogens is 442 g/mol. The maximum atomic E-state index is 12.8. The summed E-state index contributed by atoms with van der Waals surface area (Å²) in [5.41, 5.74) is 0.782. The fraction of sp³-hybridized carbons (Fsp3) is 0.458. The second-order valence-electron chi connectivity index (χ2n) is 8.63. The first-order valence-corrected chi connectivity index (χ1v) is 12.9. The first-order chi connectivity index (χ1) is 15.9. The number of nitrogens with one attached hydrogen (secondary N) is 1. The van der Waals surface area contributed by atoms with Crippen LogP contribution in [0.3, 0.4) is 0 Å². The highest BCUT2D eigenvalue weighted by atomic mass is 32.2. The molecule has 33 heavy (non-hydrogen) atoms. The number of carboxylic acid groups (broad SMARTS) is 1. The number of aromatic carboxylic acids is 1. The van der Waals surface area contributed by atoms with Gasteiger partial charge in [0.05, 0.1) is 23.3 Å². The van der Waals surface area contributed by atoms with E-state index in [4.69, 9.17) is 4.74 Å². The van der Waals surface area contributed by atoms with Crippen molar-refractivity contribution in [2.45, 2.75) is 43.0 Å². The van der Waals surface area contributed by atoms with E-state index in [9.17, 15) is 18.3 Å². The number of methoxy groups -OCH3 is 1. The van der Waals surface area contributed by atoms with E-state index in [1.807, 2.05) is 0 Å². The van der Waals surface area contributed by atoms with Crippen molar-refractivity contribution in [2.75, 3.05) is 42.9 Å². The van der Waals surface area contributed by atoms with E-state index in [0.29, 0.717) is 11.8 Å². The summed E-state index contributed by atoms with van der Waals surface area (Å²) < 4.78 is 33.1. The van der Waals surface area contributed by atoms with Crippen molar-refractivity contribution in [2.24, 2.45) is 0 Å². The zero-order chi connectivity index (χ0) is 23.4. The molecule has 178 valence electrons. The molecule has 2 N–H and O–H groups in total. The Hall–Kier alpha value is -2.78. The van der Waals surface area contributed by atoms with Crippen molar-refractivity contribution in [1.82, 2.24) is 4.90 Å². The summed E-state index contributed by atoms with van der Waals surface area (Å²) in [4.78, 5) is 16.8. The topological polar surface area (TPSA) is 99.2 Å². The van der Waals surface area contributed by atoms with Crippen LogP contribution >= 0.6 is 0 Å². The van der Waals surface area contributed by atoms with E-state index < -0.39 is 16.0 Å². The molecule has 2 aromatic rings. The van der Waals surface area contributed by atoms with E-state index in [1.165, 1.54) is 57.7 Å². The fourth-order valence-electron chi connectivity index (χ4n) is 4.73. The monoisotopic (exact) mass is 473 g/mol. The van der Waals surface area contributed by atoms with Crippen molar-refractivity contribution in [3.63, 3.8) is 0 Å². The smallest absolute Gasteiger partial charge is 0.337 e. The number of carboxylic acids is 1. The van der Waals surface area contributed by atoms with Gasteiger partial charge in [-0.1, -0.05) is 6.42 Å². The van der Waals surface area contributed by atoms with E-state index in [-0.39, 0.29) is 16.1 Å². The molecule has 0 amide bonds. The third kappa shape index (κ3) is 5.42. The number of nitrogens with zero attached hydrogens (tertiary/aromatic N) is 2. The largest absolute Gasteiger partial charge is 0.497 e. The number of likely N-dealkylation sites (tertiary alicyclic amines) is 1. The van der Waals surface area contributed by atoms with Gasteiger partial charge in [0, 0.05) is 24.8 Å². The lowest BCUT2D eigenvalue weighted by Gasteiger charge is -2.41. The number of hydrogen-bond donors (Lipinski definition) is 2. The Balaban J connectivity index is 1.48. The molecule has 0 aliphatic carbocycles. The number of ether oxygens (including phenoxy) is 1. The lowest BCUT2D eigenvalue weighted by Crippen LogP contribution is -2.46. The van der Waals surface area contributed by atoms with Gasteiger partial charge in [-0.15, -0.1) is 0 Å². The molecule has 2 heterocycles. The third-order valence-corrected chi connectivity index (χ3v) is 7.97. The fourth-order valence-corrected chi connectivity index (χ4v) is 5.81. The van der Waals surface area contributed by atoms with E-state index in [2.05, 4.69) is 14.5 Å². The lowest BCUT2D eigenvalue weighted by molar-refractivity contribution is 0.0698. The highest BCUT2D eigenvalue weighted by Gasteiger charge is 2.27. The Kier molecular flexibility index (Phi) is 7.09. The van der Waals surface area contributed by atoms with Crippen LogP contribution in [0, 0.1) is 0 Å². The first kappa shape index (κ1) is 23.4. The molecule has 0 aromatic heterocycles. The number of hydrogen-bond acceptors (Lipinski definition) is 6. The van der Waals surface area contributed by atoms with E-state index in [1.54, 1.807) is 24.3 Å². The van der Waals surface area contributed by atoms with Crippen molar-refractivity contribution >= 4 is 27.4 Å². The first-order valence-electron chi connectivity index (χ1n) is 11.4. The van der Waals surface area contributed by atoms with Crippen molar-refractivity contribution < 1.29 is 23.1 Å². The molecule has 0 radical (unpaired) electrons. The minimum atomic E-state index is -3.94. The number of anilines is 2. The normalized spacial score (nSPS) is 18.2. The van der Waals surface area contributed by atoms with Crippen molar-refractivity contribution in [3.05, 3.63) is 48.0 Å². The second-order valence-corrected chi connectivity index (χ2v) is 10.3. The van der Waals surface area contributed by atoms with Crippen LogP contribution in [0.25, 0.3) is 0 Å². The number of benzene rings is 2. The molecule has 0 unspecified atom stereocenters. The van der Waals surface area contributed by atoms with Gasteiger partial charge in [-0.05, 0) is 81.2 Å². The lowest BCUT2D eigenvalue weighted by atomic mass is 9.99. The van der Waals surface area contributed by atoms with Gasteiger partial charge in [0.15, 0.2) is 0 Å². The summed E-state index contributed by atoms with van der Waals surface area (Å²) in [5.74, 6) is -0.638. The average Bonchev–Trinajstić information content (AvgIpc) is 2.84. The number of rotatable bonds is 7. The molecule has 2 aliphatic heterocycles. The Morgan fingerprint density at radius 1 is 1.00 bits per heavy atom. The minimum absolute atomic E-state index is 0.0310. The zero-order valence-electron chi connectivity index (χ0n) is 18.9. The van der Waals surface area contributed by atoms with Gasteiger partial charge in [-0.3, -0.25) is 4.72 Å². The molecule has 8 nitrogen and oxygen atoms in total. The van der Waals surface area contributed by atoms with Gasteiger partial charge in [0.1, 0.15) is 5.75 Å². The number of sulfonamides is 1. The Morgan fingerprint density at radius 2 is 1.67 bits per heavy atom. The molecule has 0 bridgehead atoms. The molecule has 0 spiro atoms. The van der Waals surface area contributed by atoms with Crippen LogP contribution in [0.2, 0.25) is 0 Å². The molecule has 4 rings (SSSR count). The summed E-state index contributed by atoms with van der Waals surface area (Å²) in [7, 11) is -2.44. The number of piperidine rings is 2. The van der Waals surface area contributed by atoms with Crippen LogP contribution < -0.4 is 14.4 Å². The van der Waals surface area contributed by atoms with Crippen LogP contribution in [-0.4, -0.2) is 63.7 Å². The van der Waals surface area contributed by atoms with Gasteiger partial charge < -0.3 is 19.6 Å². The highest BCUT2D eigenvalue weighted by Crippen LogP contribution is 2.29. The summed E-state index contributed by atoms with van der Waals surface area (Å²) >= 11 is 0. The predicted molar refractivity (Wildman–Crippen MR) is 128 cm³/mol. The van der Waals surface area contributed by atoms with Gasteiger partial charge in [-0.2, -0.15) is 0 Å². The van der Waals surface area contributed by atoms with Crippen LogP contribution in [-0.2, 0) is 10.0 Å². The summed E-state index contributed by atoms with van der Waals surface area (Å²) in [6, 6.07) is 11.4. The molecule has 0 atom stereocenters. The standard InChI is InChI=1S/C24H31N3O5S/c1-32-20-6-8-21(9-7-20)33(30,31)25-23-10-5-19(17-22(23)24(28)29)27-15-11-18(12-16-27)26-13-3-2-4-14-26/h5-10,17-18,25H,2-4,11-16H2,1H3,(H,28,29). The summed E-state index contributed by atoms with van der Waals surface area (Å²) in [6.07, 6.45) is 5.97. The average molecular weight is 474 g/mol. The summed E-state index contributed by atoms with van der Waals surface area (Å²) in [6.45, 7) is 4.07. The zero-order valence-corrected chi connectivity index (χ0v) is 19.7. The molecular formula is C24H31N3O5S. The maximum absolute atomic E-state index is 12.8. The van der Waals surface area contributed by atoms with Gasteiger partial charge >= 0.3 is 5.97 Å². The van der Waals surface area contributed by atoms with Crippen LogP contribution in [0.1, 0.15) is 42.5 Å². The van der Waals surface area contributed by atoms with Crippen molar-refractivity contribution in [1.29, 1.82) is 0 Å². The number of carbonyl (C=O) groups is 1. The van der Waals surface area contributed by atoms with Crippen LogP contribution in [0.4, 0.5) is 11.4 Å². The highest BCUT2D eigenvalue weighted by molar-refractivity contribution is 7.92. The minimum Gasteiger partial charge on any atom is -0.497 e. The van der Waals surface area contributed by atoms with Crippen LogP contribution in [0.15, 0.2) is 47.4 Å². The Bertz CT molecular complexity index is 1070. The van der Waals surface area contributed by atoms with Gasteiger partial charge in [0.25, 0.3) is 10.0 Å². The van der Waals surface area contributed by atoms with Gasteiger partial charge in [0.2, 0.25) is 0 Å². The molecule has 9 heteroatoms. The van der Waals surface area contributed by atoms with Crippen molar-refractivity contribution in [3.8, 4) is 5.75 Å². The molecule has 2 fully saturated rings. The van der Waals surface area contributed by atoms with E-state index >= 15 is 0 Å². The maximum Gasteiger partial charge on any atom is 0.337 e. The third-order valence-electron chi connectivity index (χ3n) is 6.58. The SMILES string of the molecule is COc1ccc(S(=O)(=O)Nc2ccc(N3CCC(N4CCCCC4)CC3)cc2C(=O)O)cc1.